The van der Waals surface area contributed by atoms with Gasteiger partial charge in [-0.05, 0) is 36.3 Å². The molecular weight excluding hydrogens is 329 g/mol. The summed E-state index contributed by atoms with van der Waals surface area (Å²) in [5.41, 5.74) is -0.111. The lowest BCUT2D eigenvalue weighted by atomic mass is 10.1. The van der Waals surface area contributed by atoms with Crippen molar-refractivity contribution in [2.75, 3.05) is 0 Å². The molecule has 0 heterocycles. The fraction of sp³-hybridized carbons (Fsp3) is 0.158. The van der Waals surface area contributed by atoms with E-state index in [1.54, 1.807) is 13.0 Å². The molecule has 0 radical (unpaired) electrons. The van der Waals surface area contributed by atoms with Crippen molar-refractivity contribution in [2.45, 2.75) is 19.1 Å². The van der Waals surface area contributed by atoms with E-state index in [9.17, 15) is 18.0 Å². The number of nitrogens with one attached hydrogen (secondary N) is 1. The van der Waals surface area contributed by atoms with Gasteiger partial charge in [0, 0.05) is 0 Å². The zero-order chi connectivity index (χ0) is 18.4. The minimum Gasteiger partial charge on any atom is -0.345 e. The van der Waals surface area contributed by atoms with Gasteiger partial charge < -0.3 is 5.32 Å². The van der Waals surface area contributed by atoms with Crippen molar-refractivity contribution < 1.29 is 18.0 Å². The minimum absolute atomic E-state index is 0.133. The summed E-state index contributed by atoms with van der Waals surface area (Å²) < 4.78 is 38.2. The van der Waals surface area contributed by atoms with Crippen molar-refractivity contribution >= 4 is 12.0 Å². The van der Waals surface area contributed by atoms with Gasteiger partial charge in [0.15, 0.2) is 0 Å². The Bertz CT molecular complexity index is 821. The van der Waals surface area contributed by atoms with E-state index in [4.69, 9.17) is 5.26 Å². The van der Waals surface area contributed by atoms with Crippen molar-refractivity contribution in [1.29, 1.82) is 5.26 Å². The summed E-state index contributed by atoms with van der Waals surface area (Å²) in [7, 11) is 0. The van der Waals surface area contributed by atoms with Crippen LogP contribution in [0.5, 0.6) is 0 Å². The molecule has 1 amide bonds. The molecule has 0 saturated heterocycles. The third-order valence-electron chi connectivity index (χ3n) is 3.54. The van der Waals surface area contributed by atoms with Crippen LogP contribution in [0.2, 0.25) is 0 Å². The predicted octanol–water partition coefficient (Wildman–Crippen LogP) is 4.49. The van der Waals surface area contributed by atoms with Gasteiger partial charge in [-0.25, -0.2) is 0 Å². The molecule has 0 bridgehead atoms. The SMILES string of the molecule is C[C@H](NC(=O)/C(C#N)=C/c1cccc(C(F)(F)F)c1)c1ccccc1. The smallest absolute Gasteiger partial charge is 0.345 e. The molecule has 1 atom stereocenters. The number of halogens is 3. The van der Waals surface area contributed by atoms with Gasteiger partial charge in [-0.15, -0.1) is 0 Å². The maximum absolute atomic E-state index is 12.7. The zero-order valence-electron chi connectivity index (χ0n) is 13.3. The van der Waals surface area contributed by atoms with E-state index in [-0.39, 0.29) is 17.2 Å². The monoisotopic (exact) mass is 344 g/mol. The summed E-state index contributed by atoms with van der Waals surface area (Å²) in [6.45, 7) is 1.76. The lowest BCUT2D eigenvalue weighted by molar-refractivity contribution is -0.137. The van der Waals surface area contributed by atoms with Crippen LogP contribution in [0.25, 0.3) is 6.08 Å². The quantitative estimate of drug-likeness (QED) is 0.656. The molecule has 2 rings (SSSR count). The number of rotatable bonds is 4. The van der Waals surface area contributed by atoms with Crippen LogP contribution in [-0.2, 0) is 11.0 Å². The van der Waals surface area contributed by atoms with Gasteiger partial charge in [0.1, 0.15) is 11.6 Å². The number of hydrogen-bond donors (Lipinski definition) is 1. The van der Waals surface area contributed by atoms with Gasteiger partial charge in [-0.3, -0.25) is 4.79 Å². The Kier molecular flexibility index (Phi) is 5.60. The first-order valence-corrected chi connectivity index (χ1v) is 7.46. The average Bonchev–Trinajstić information content (AvgIpc) is 2.59. The number of carbonyl (C=O) groups excluding carboxylic acids is 1. The second kappa shape index (κ2) is 7.67. The molecule has 128 valence electrons. The number of hydrogen-bond acceptors (Lipinski definition) is 2. The second-order valence-corrected chi connectivity index (χ2v) is 5.40. The standard InChI is InChI=1S/C19H15F3N2O/c1-13(15-7-3-2-4-8-15)24-18(25)16(12-23)10-14-6-5-9-17(11-14)19(20,21)22/h2-11,13H,1H3,(H,24,25)/b16-10+/t13-/m0/s1. The first-order valence-electron chi connectivity index (χ1n) is 7.46. The van der Waals surface area contributed by atoms with Gasteiger partial charge in [0.05, 0.1) is 11.6 Å². The molecule has 0 aliphatic rings. The van der Waals surface area contributed by atoms with Gasteiger partial charge in [-0.1, -0.05) is 42.5 Å². The fourth-order valence-corrected chi connectivity index (χ4v) is 2.22. The molecule has 25 heavy (non-hydrogen) atoms. The molecule has 0 fully saturated rings. The van der Waals surface area contributed by atoms with E-state index in [2.05, 4.69) is 5.32 Å². The lowest BCUT2D eigenvalue weighted by Gasteiger charge is -2.14. The highest BCUT2D eigenvalue weighted by molar-refractivity contribution is 6.01. The van der Waals surface area contributed by atoms with Crippen LogP contribution in [0.3, 0.4) is 0 Å². The van der Waals surface area contributed by atoms with E-state index in [0.29, 0.717) is 0 Å². The molecule has 3 nitrogen and oxygen atoms in total. The highest BCUT2D eigenvalue weighted by Crippen LogP contribution is 2.30. The molecular formula is C19H15F3N2O. The summed E-state index contributed by atoms with van der Waals surface area (Å²) in [5, 5.41) is 11.8. The number of nitrogens with zero attached hydrogens (tertiary/aromatic N) is 1. The Morgan fingerprint density at radius 3 is 2.44 bits per heavy atom. The van der Waals surface area contributed by atoms with Gasteiger partial charge >= 0.3 is 6.18 Å². The number of carbonyl (C=O) groups is 1. The summed E-state index contributed by atoms with van der Waals surface area (Å²) >= 11 is 0. The molecule has 0 spiro atoms. The topological polar surface area (TPSA) is 52.9 Å². The molecule has 0 aliphatic carbocycles. The lowest BCUT2D eigenvalue weighted by Crippen LogP contribution is -2.27. The van der Waals surface area contributed by atoms with E-state index in [1.165, 1.54) is 12.1 Å². The minimum atomic E-state index is -4.49. The second-order valence-electron chi connectivity index (χ2n) is 5.40. The van der Waals surface area contributed by atoms with Crippen LogP contribution in [-0.4, -0.2) is 5.91 Å². The summed E-state index contributed by atoms with van der Waals surface area (Å²) in [4.78, 5) is 12.2. The van der Waals surface area contributed by atoms with Crippen molar-refractivity contribution in [3.05, 3.63) is 76.9 Å². The summed E-state index contributed by atoms with van der Waals surface area (Å²) in [6.07, 6.45) is -3.34. The Labute approximate surface area is 143 Å². The van der Waals surface area contributed by atoms with Crippen molar-refractivity contribution in [3.63, 3.8) is 0 Å². The Balaban J connectivity index is 2.20. The maximum Gasteiger partial charge on any atom is 0.416 e. The predicted molar refractivity (Wildman–Crippen MR) is 88.0 cm³/mol. The fourth-order valence-electron chi connectivity index (χ4n) is 2.22. The molecule has 2 aromatic rings. The largest absolute Gasteiger partial charge is 0.416 e. The number of amides is 1. The maximum atomic E-state index is 12.7. The number of alkyl halides is 3. The van der Waals surface area contributed by atoms with Crippen molar-refractivity contribution in [2.24, 2.45) is 0 Å². The average molecular weight is 344 g/mol. The van der Waals surface area contributed by atoms with Crippen LogP contribution in [0.1, 0.15) is 29.7 Å². The van der Waals surface area contributed by atoms with Crippen LogP contribution in [0, 0.1) is 11.3 Å². The highest BCUT2D eigenvalue weighted by atomic mass is 19.4. The highest BCUT2D eigenvalue weighted by Gasteiger charge is 2.30. The molecule has 0 aromatic heterocycles. The van der Waals surface area contributed by atoms with E-state index < -0.39 is 17.6 Å². The first-order chi connectivity index (χ1) is 11.8. The first kappa shape index (κ1) is 18.3. The summed E-state index contributed by atoms with van der Waals surface area (Å²) in [5.74, 6) is -0.642. The molecule has 0 saturated carbocycles. The zero-order valence-corrected chi connectivity index (χ0v) is 13.3. The Hall–Kier alpha value is -3.07. The normalized spacial score (nSPS) is 13.0. The van der Waals surface area contributed by atoms with Gasteiger partial charge in [0.2, 0.25) is 0 Å². The van der Waals surface area contributed by atoms with Crippen molar-refractivity contribution in [3.8, 4) is 6.07 Å². The third kappa shape index (κ3) is 4.95. The van der Waals surface area contributed by atoms with E-state index in [1.807, 2.05) is 30.3 Å². The van der Waals surface area contributed by atoms with Crippen LogP contribution in [0.4, 0.5) is 13.2 Å². The Morgan fingerprint density at radius 1 is 1.16 bits per heavy atom. The molecule has 6 heteroatoms. The van der Waals surface area contributed by atoms with Gasteiger partial charge in [0.25, 0.3) is 5.91 Å². The molecule has 0 aliphatic heterocycles. The molecule has 2 aromatic carbocycles. The number of benzene rings is 2. The van der Waals surface area contributed by atoms with E-state index in [0.717, 1.165) is 23.8 Å². The molecule has 1 N–H and O–H groups in total. The third-order valence-corrected chi connectivity index (χ3v) is 3.54. The van der Waals surface area contributed by atoms with Gasteiger partial charge in [-0.2, -0.15) is 18.4 Å². The summed E-state index contributed by atoms with van der Waals surface area (Å²) in [6, 6.07) is 15.0. The van der Waals surface area contributed by atoms with Crippen LogP contribution in [0.15, 0.2) is 60.2 Å². The van der Waals surface area contributed by atoms with E-state index >= 15 is 0 Å². The van der Waals surface area contributed by atoms with Crippen LogP contribution < -0.4 is 5.32 Å². The number of nitriles is 1. The van der Waals surface area contributed by atoms with Crippen molar-refractivity contribution in [1.82, 2.24) is 5.32 Å². The molecule has 0 unspecified atom stereocenters. The van der Waals surface area contributed by atoms with Crippen LogP contribution >= 0.6 is 0 Å². The Morgan fingerprint density at radius 2 is 1.84 bits per heavy atom.